The molecule has 1 aliphatic heterocycles. The number of aryl methyl sites for hydroxylation is 1. The second kappa shape index (κ2) is 8.37. The lowest BCUT2D eigenvalue weighted by molar-refractivity contribution is 0.175. The Hall–Kier alpha value is -2.64. The second-order valence-corrected chi connectivity index (χ2v) is 8.34. The Labute approximate surface area is 160 Å². The minimum atomic E-state index is -3.52. The van der Waals surface area contributed by atoms with E-state index in [1.54, 1.807) is 35.4 Å². The first-order valence-electron chi connectivity index (χ1n) is 8.81. The minimum absolute atomic E-state index is 0.227. The summed E-state index contributed by atoms with van der Waals surface area (Å²) in [6.45, 7) is 3.20. The number of benzene rings is 2. The molecule has 7 heteroatoms. The van der Waals surface area contributed by atoms with Gasteiger partial charge in [0.1, 0.15) is 0 Å². The third-order valence-electron chi connectivity index (χ3n) is 4.47. The van der Waals surface area contributed by atoms with Crippen molar-refractivity contribution >= 4 is 22.1 Å². The van der Waals surface area contributed by atoms with E-state index in [0.29, 0.717) is 13.1 Å². The van der Waals surface area contributed by atoms with Crippen LogP contribution in [0.5, 0.6) is 0 Å². The third kappa shape index (κ3) is 4.75. The van der Waals surface area contributed by atoms with Crippen LogP contribution in [0.25, 0.3) is 6.08 Å². The molecule has 142 valence electrons. The molecule has 0 spiro atoms. The zero-order valence-corrected chi connectivity index (χ0v) is 16.0. The molecule has 2 aromatic rings. The molecule has 6 nitrogen and oxygen atoms in total. The van der Waals surface area contributed by atoms with E-state index in [2.05, 4.69) is 5.32 Å². The molecule has 3 rings (SSSR count). The first-order valence-corrected chi connectivity index (χ1v) is 10.2. The van der Waals surface area contributed by atoms with E-state index in [0.717, 1.165) is 11.1 Å². The number of hydrogen-bond acceptors (Lipinski definition) is 3. The SMILES string of the molecule is Cc1ccc(S(=O)(=O)N2CCN(C(=O)N/C=C/c3ccccc3)CC2)cc1. The predicted octanol–water partition coefficient (Wildman–Crippen LogP) is 2.68. The van der Waals surface area contributed by atoms with Gasteiger partial charge in [-0.2, -0.15) is 4.31 Å². The molecule has 0 atom stereocenters. The normalized spacial score (nSPS) is 15.8. The molecule has 1 saturated heterocycles. The summed E-state index contributed by atoms with van der Waals surface area (Å²) in [5.41, 5.74) is 2.01. The van der Waals surface area contributed by atoms with Crippen LogP contribution >= 0.6 is 0 Å². The van der Waals surface area contributed by atoms with Crippen molar-refractivity contribution in [1.29, 1.82) is 0 Å². The predicted molar refractivity (Wildman–Crippen MR) is 106 cm³/mol. The van der Waals surface area contributed by atoms with Crippen LogP contribution in [0.4, 0.5) is 4.79 Å². The van der Waals surface area contributed by atoms with E-state index in [1.165, 1.54) is 4.31 Å². The van der Waals surface area contributed by atoms with Crippen LogP contribution in [0.2, 0.25) is 0 Å². The Morgan fingerprint density at radius 3 is 2.22 bits per heavy atom. The smallest absolute Gasteiger partial charge is 0.321 e. The van der Waals surface area contributed by atoms with Crippen molar-refractivity contribution in [1.82, 2.24) is 14.5 Å². The second-order valence-electron chi connectivity index (χ2n) is 6.40. The molecule has 1 fully saturated rings. The van der Waals surface area contributed by atoms with Crippen molar-refractivity contribution in [2.75, 3.05) is 26.2 Å². The van der Waals surface area contributed by atoms with Gasteiger partial charge in [0.25, 0.3) is 0 Å². The molecule has 0 aliphatic carbocycles. The maximum absolute atomic E-state index is 12.7. The summed E-state index contributed by atoms with van der Waals surface area (Å²) in [5, 5.41) is 2.73. The fourth-order valence-corrected chi connectivity index (χ4v) is 4.28. The van der Waals surface area contributed by atoms with Crippen LogP contribution in [0.3, 0.4) is 0 Å². The van der Waals surface area contributed by atoms with Crippen LogP contribution in [0, 0.1) is 6.92 Å². The number of piperazine rings is 1. The summed E-state index contributed by atoms with van der Waals surface area (Å²) in [5.74, 6) is 0. The van der Waals surface area contributed by atoms with Crippen molar-refractivity contribution in [3.05, 3.63) is 71.9 Å². The zero-order chi connectivity index (χ0) is 19.3. The van der Waals surface area contributed by atoms with Gasteiger partial charge in [0.2, 0.25) is 10.0 Å². The first kappa shape index (κ1) is 19.1. The zero-order valence-electron chi connectivity index (χ0n) is 15.2. The molecule has 27 heavy (non-hydrogen) atoms. The number of carbonyl (C=O) groups is 1. The largest absolute Gasteiger partial charge is 0.322 e. The van der Waals surface area contributed by atoms with E-state index >= 15 is 0 Å². The van der Waals surface area contributed by atoms with Gasteiger partial charge in [0, 0.05) is 32.4 Å². The highest BCUT2D eigenvalue weighted by atomic mass is 32.2. The molecular formula is C20H23N3O3S. The number of carbonyl (C=O) groups excluding carboxylic acids is 1. The van der Waals surface area contributed by atoms with E-state index in [1.807, 2.05) is 43.3 Å². The summed E-state index contributed by atoms with van der Waals surface area (Å²) in [7, 11) is -3.52. The fraction of sp³-hybridized carbons (Fsp3) is 0.250. The summed E-state index contributed by atoms with van der Waals surface area (Å²) >= 11 is 0. The molecule has 1 aliphatic rings. The maximum atomic E-state index is 12.7. The van der Waals surface area contributed by atoms with Gasteiger partial charge in [-0.25, -0.2) is 13.2 Å². The highest BCUT2D eigenvalue weighted by molar-refractivity contribution is 7.89. The minimum Gasteiger partial charge on any atom is -0.322 e. The van der Waals surface area contributed by atoms with Crippen LogP contribution in [0.15, 0.2) is 65.7 Å². The molecular weight excluding hydrogens is 362 g/mol. The van der Waals surface area contributed by atoms with Gasteiger partial charge in [-0.15, -0.1) is 0 Å². The van der Waals surface area contributed by atoms with Gasteiger partial charge in [-0.1, -0.05) is 48.0 Å². The summed E-state index contributed by atoms with van der Waals surface area (Å²) in [6.07, 6.45) is 3.42. The number of hydrogen-bond donors (Lipinski definition) is 1. The number of rotatable bonds is 4. The van der Waals surface area contributed by atoms with Gasteiger partial charge in [0.05, 0.1) is 4.90 Å². The van der Waals surface area contributed by atoms with Gasteiger partial charge in [-0.05, 0) is 30.7 Å². The number of nitrogens with one attached hydrogen (secondary N) is 1. The molecule has 0 saturated carbocycles. The molecule has 1 heterocycles. The molecule has 0 radical (unpaired) electrons. The standard InChI is InChI=1S/C20H23N3O3S/c1-17-7-9-19(10-8-17)27(25,26)23-15-13-22(14-16-23)20(24)21-12-11-18-5-3-2-4-6-18/h2-12H,13-16H2,1H3,(H,21,24)/b12-11+. The van der Waals surface area contributed by atoms with Crippen molar-refractivity contribution < 1.29 is 13.2 Å². The quantitative estimate of drug-likeness (QED) is 0.880. The van der Waals surface area contributed by atoms with Crippen molar-refractivity contribution in [2.45, 2.75) is 11.8 Å². The van der Waals surface area contributed by atoms with Crippen LogP contribution < -0.4 is 5.32 Å². The lowest BCUT2D eigenvalue weighted by Gasteiger charge is -2.33. The van der Waals surface area contributed by atoms with Crippen molar-refractivity contribution in [3.63, 3.8) is 0 Å². The first-order chi connectivity index (χ1) is 13.0. The molecule has 0 aromatic heterocycles. The molecule has 1 N–H and O–H groups in total. The van der Waals surface area contributed by atoms with Crippen LogP contribution in [-0.2, 0) is 10.0 Å². The van der Waals surface area contributed by atoms with Gasteiger partial charge >= 0.3 is 6.03 Å². The average molecular weight is 385 g/mol. The number of sulfonamides is 1. The molecule has 2 amide bonds. The summed E-state index contributed by atoms with van der Waals surface area (Å²) in [4.78, 5) is 14.2. The Morgan fingerprint density at radius 2 is 1.59 bits per heavy atom. The van der Waals surface area contributed by atoms with Gasteiger partial charge in [0.15, 0.2) is 0 Å². The van der Waals surface area contributed by atoms with E-state index in [-0.39, 0.29) is 24.0 Å². The Kier molecular flexibility index (Phi) is 5.93. The van der Waals surface area contributed by atoms with Gasteiger partial charge in [-0.3, -0.25) is 0 Å². The third-order valence-corrected chi connectivity index (χ3v) is 6.38. The van der Waals surface area contributed by atoms with E-state index in [4.69, 9.17) is 0 Å². The highest BCUT2D eigenvalue weighted by Gasteiger charge is 2.29. The fourth-order valence-electron chi connectivity index (χ4n) is 2.86. The average Bonchev–Trinajstić information content (AvgIpc) is 2.69. The van der Waals surface area contributed by atoms with E-state index in [9.17, 15) is 13.2 Å². The Bertz CT molecular complexity index is 901. The highest BCUT2D eigenvalue weighted by Crippen LogP contribution is 2.18. The Morgan fingerprint density at radius 1 is 0.963 bits per heavy atom. The molecule has 2 aromatic carbocycles. The summed E-state index contributed by atoms with van der Waals surface area (Å²) in [6, 6.07) is 16.3. The lowest BCUT2D eigenvalue weighted by Crippen LogP contribution is -2.52. The number of nitrogens with zero attached hydrogens (tertiary/aromatic N) is 2. The van der Waals surface area contributed by atoms with Crippen molar-refractivity contribution in [2.24, 2.45) is 0 Å². The lowest BCUT2D eigenvalue weighted by atomic mass is 10.2. The van der Waals surface area contributed by atoms with Crippen LogP contribution in [-0.4, -0.2) is 49.8 Å². The number of urea groups is 1. The van der Waals surface area contributed by atoms with Crippen LogP contribution in [0.1, 0.15) is 11.1 Å². The molecule has 0 bridgehead atoms. The van der Waals surface area contributed by atoms with E-state index < -0.39 is 10.0 Å². The van der Waals surface area contributed by atoms with Gasteiger partial charge < -0.3 is 10.2 Å². The maximum Gasteiger partial charge on any atom is 0.321 e. The Balaban J connectivity index is 1.54. The topological polar surface area (TPSA) is 69.7 Å². The monoisotopic (exact) mass is 385 g/mol. The summed E-state index contributed by atoms with van der Waals surface area (Å²) < 4.78 is 26.8. The van der Waals surface area contributed by atoms with Crippen molar-refractivity contribution in [3.8, 4) is 0 Å². The molecule has 0 unspecified atom stereocenters. The number of amides is 2.